The van der Waals surface area contributed by atoms with Gasteiger partial charge in [0.1, 0.15) is 0 Å². The zero-order valence-electron chi connectivity index (χ0n) is 13.4. The predicted molar refractivity (Wildman–Crippen MR) is 93.0 cm³/mol. The van der Waals surface area contributed by atoms with Crippen LogP contribution in [0.5, 0.6) is 0 Å². The van der Waals surface area contributed by atoms with Crippen molar-refractivity contribution in [3.63, 3.8) is 0 Å². The largest absolute Gasteiger partial charge is 0.367 e. The Morgan fingerprint density at radius 2 is 1.79 bits per heavy atom. The number of nitrogens with zero attached hydrogens (tertiary/aromatic N) is 2. The number of H-pyrrole nitrogens is 1. The van der Waals surface area contributed by atoms with Crippen LogP contribution in [0.15, 0.2) is 42.7 Å². The van der Waals surface area contributed by atoms with Crippen LogP contribution >= 0.6 is 11.6 Å². The van der Waals surface area contributed by atoms with Crippen molar-refractivity contribution in [1.29, 1.82) is 0 Å². The van der Waals surface area contributed by atoms with E-state index < -0.39 is 0 Å². The van der Waals surface area contributed by atoms with Gasteiger partial charge in [0, 0.05) is 43.6 Å². The third kappa shape index (κ3) is 3.79. The zero-order chi connectivity index (χ0) is 16.9. The van der Waals surface area contributed by atoms with Gasteiger partial charge < -0.3 is 14.8 Å². The molecule has 1 saturated heterocycles. The van der Waals surface area contributed by atoms with Crippen molar-refractivity contribution < 1.29 is 9.59 Å². The van der Waals surface area contributed by atoms with Gasteiger partial charge in [0.05, 0.1) is 12.0 Å². The van der Waals surface area contributed by atoms with Crippen LogP contribution in [0.2, 0.25) is 5.02 Å². The second kappa shape index (κ2) is 7.53. The normalized spacial score (nSPS) is 15.2. The molecule has 3 rings (SSSR count). The van der Waals surface area contributed by atoms with E-state index in [4.69, 9.17) is 11.6 Å². The first-order valence-corrected chi connectivity index (χ1v) is 8.46. The van der Waals surface area contributed by atoms with Crippen molar-refractivity contribution >= 4 is 23.4 Å². The van der Waals surface area contributed by atoms with Gasteiger partial charge in [-0.15, -0.1) is 0 Å². The highest BCUT2D eigenvalue weighted by molar-refractivity contribution is 6.31. The van der Waals surface area contributed by atoms with Gasteiger partial charge in [-0.3, -0.25) is 9.59 Å². The van der Waals surface area contributed by atoms with Crippen LogP contribution in [0.1, 0.15) is 22.3 Å². The Morgan fingerprint density at radius 3 is 2.54 bits per heavy atom. The molecule has 2 heterocycles. The lowest BCUT2D eigenvalue weighted by Gasteiger charge is -2.22. The Kier molecular flexibility index (Phi) is 5.20. The number of halogens is 1. The summed E-state index contributed by atoms with van der Waals surface area (Å²) in [5.74, 6) is 0.0655. The maximum atomic E-state index is 12.5. The number of hydrogen-bond acceptors (Lipinski definition) is 2. The smallest absolute Gasteiger partial charge is 0.255 e. The molecule has 0 radical (unpaired) electrons. The molecule has 0 unspecified atom stereocenters. The molecular formula is C18H20ClN3O2. The first kappa shape index (κ1) is 16.6. The molecule has 1 aromatic carbocycles. The molecular weight excluding hydrogens is 326 g/mol. The van der Waals surface area contributed by atoms with Crippen LogP contribution in [-0.2, 0) is 11.2 Å². The second-order valence-electron chi connectivity index (χ2n) is 5.89. The molecule has 1 aliphatic heterocycles. The molecule has 1 fully saturated rings. The van der Waals surface area contributed by atoms with E-state index in [9.17, 15) is 9.59 Å². The van der Waals surface area contributed by atoms with Crippen molar-refractivity contribution in [2.24, 2.45) is 0 Å². The van der Waals surface area contributed by atoms with Crippen molar-refractivity contribution in [2.45, 2.75) is 12.8 Å². The lowest BCUT2D eigenvalue weighted by molar-refractivity contribution is -0.130. The van der Waals surface area contributed by atoms with Gasteiger partial charge in [-0.2, -0.15) is 0 Å². The summed E-state index contributed by atoms with van der Waals surface area (Å²) in [7, 11) is 0. The number of carbonyl (C=O) groups is 2. The van der Waals surface area contributed by atoms with Crippen molar-refractivity contribution in [3.8, 4) is 0 Å². The fraction of sp³-hybridized carbons (Fsp3) is 0.333. The average Bonchev–Trinajstić information content (AvgIpc) is 3.00. The summed E-state index contributed by atoms with van der Waals surface area (Å²) in [5.41, 5.74) is 1.50. The summed E-state index contributed by atoms with van der Waals surface area (Å²) in [5, 5.41) is 0.616. The first-order valence-electron chi connectivity index (χ1n) is 8.08. The second-order valence-corrected chi connectivity index (χ2v) is 6.30. The van der Waals surface area contributed by atoms with E-state index in [1.165, 1.54) is 0 Å². The van der Waals surface area contributed by atoms with Crippen LogP contribution in [0.3, 0.4) is 0 Å². The molecule has 5 nitrogen and oxygen atoms in total. The fourth-order valence-electron chi connectivity index (χ4n) is 2.93. The van der Waals surface area contributed by atoms with Crippen LogP contribution in [0, 0.1) is 0 Å². The van der Waals surface area contributed by atoms with Crippen molar-refractivity contribution in [1.82, 2.24) is 14.8 Å². The Bertz CT molecular complexity index is 715. The molecule has 1 N–H and O–H groups in total. The number of carbonyl (C=O) groups excluding carboxylic acids is 2. The number of aromatic nitrogens is 1. The van der Waals surface area contributed by atoms with E-state index in [1.807, 2.05) is 28.0 Å². The van der Waals surface area contributed by atoms with E-state index in [2.05, 4.69) is 4.98 Å². The summed E-state index contributed by atoms with van der Waals surface area (Å²) in [6, 6.07) is 9.18. The highest BCUT2D eigenvalue weighted by Gasteiger charge is 2.23. The summed E-state index contributed by atoms with van der Waals surface area (Å²) >= 11 is 6.13. The lowest BCUT2D eigenvalue weighted by atomic mass is 10.1. The van der Waals surface area contributed by atoms with E-state index in [0.717, 1.165) is 12.0 Å². The van der Waals surface area contributed by atoms with Gasteiger partial charge in [0.2, 0.25) is 5.91 Å². The molecule has 0 saturated carbocycles. The highest BCUT2D eigenvalue weighted by Crippen LogP contribution is 2.17. The van der Waals surface area contributed by atoms with Crippen LogP contribution in [0.25, 0.3) is 0 Å². The van der Waals surface area contributed by atoms with E-state index >= 15 is 0 Å². The lowest BCUT2D eigenvalue weighted by Crippen LogP contribution is -2.37. The molecule has 2 aromatic rings. The molecule has 0 atom stereocenters. The Balaban J connectivity index is 1.60. The number of rotatable bonds is 3. The standard InChI is InChI=1S/C18H20ClN3O2/c19-16-5-2-1-4-14(16)12-17(23)21-8-3-9-22(11-10-21)18(24)15-6-7-20-13-15/h1-2,4-7,13,20H,3,8-12H2. The van der Waals surface area contributed by atoms with Crippen molar-refractivity contribution in [2.75, 3.05) is 26.2 Å². The predicted octanol–water partition coefficient (Wildman–Crippen LogP) is 2.59. The minimum absolute atomic E-state index is 0.0108. The molecule has 0 spiro atoms. The molecule has 1 aromatic heterocycles. The van der Waals surface area contributed by atoms with E-state index in [-0.39, 0.29) is 11.8 Å². The van der Waals surface area contributed by atoms with Crippen molar-refractivity contribution in [3.05, 3.63) is 58.9 Å². The third-order valence-corrected chi connectivity index (χ3v) is 4.65. The SMILES string of the molecule is O=C(Cc1ccccc1Cl)N1CCCN(C(=O)c2cc[nH]c2)CC1. The number of amides is 2. The number of benzene rings is 1. The van der Waals surface area contributed by atoms with Gasteiger partial charge in [-0.25, -0.2) is 0 Å². The van der Waals surface area contributed by atoms with Gasteiger partial charge in [0.25, 0.3) is 5.91 Å². The Morgan fingerprint density at radius 1 is 1.04 bits per heavy atom. The van der Waals surface area contributed by atoms with Crippen LogP contribution in [-0.4, -0.2) is 52.8 Å². The van der Waals surface area contributed by atoms with E-state index in [1.54, 1.807) is 24.5 Å². The van der Waals surface area contributed by atoms with Crippen LogP contribution in [0.4, 0.5) is 0 Å². The van der Waals surface area contributed by atoms with Gasteiger partial charge in [-0.1, -0.05) is 29.8 Å². The van der Waals surface area contributed by atoms with E-state index in [0.29, 0.717) is 43.2 Å². The third-order valence-electron chi connectivity index (χ3n) is 4.28. The monoisotopic (exact) mass is 345 g/mol. The fourth-order valence-corrected chi connectivity index (χ4v) is 3.13. The van der Waals surface area contributed by atoms with Gasteiger partial charge in [-0.05, 0) is 24.1 Å². The minimum Gasteiger partial charge on any atom is -0.367 e. The summed E-state index contributed by atoms with van der Waals surface area (Å²) < 4.78 is 0. The molecule has 0 bridgehead atoms. The maximum Gasteiger partial charge on any atom is 0.255 e. The average molecular weight is 346 g/mol. The maximum absolute atomic E-state index is 12.5. The molecule has 24 heavy (non-hydrogen) atoms. The highest BCUT2D eigenvalue weighted by atomic mass is 35.5. The van der Waals surface area contributed by atoms with Gasteiger partial charge in [0.15, 0.2) is 0 Å². The molecule has 2 amide bonds. The summed E-state index contributed by atoms with van der Waals surface area (Å²) in [6.45, 7) is 2.44. The number of aromatic amines is 1. The molecule has 0 aliphatic carbocycles. The Hall–Kier alpha value is -2.27. The first-order chi connectivity index (χ1) is 11.6. The zero-order valence-corrected chi connectivity index (χ0v) is 14.1. The molecule has 6 heteroatoms. The minimum atomic E-state index is 0.0108. The Labute approximate surface area is 146 Å². The topological polar surface area (TPSA) is 56.4 Å². The van der Waals surface area contributed by atoms with Gasteiger partial charge >= 0.3 is 0 Å². The quantitative estimate of drug-likeness (QED) is 0.929. The number of hydrogen-bond donors (Lipinski definition) is 1. The molecule has 126 valence electrons. The summed E-state index contributed by atoms with van der Waals surface area (Å²) in [4.78, 5) is 31.5. The number of nitrogens with one attached hydrogen (secondary N) is 1. The summed E-state index contributed by atoms with van der Waals surface area (Å²) in [6.07, 6.45) is 4.52. The molecule has 1 aliphatic rings. The van der Waals surface area contributed by atoms with Crippen LogP contribution < -0.4 is 0 Å².